The van der Waals surface area contributed by atoms with Crippen LogP contribution >= 0.6 is 0 Å². The van der Waals surface area contributed by atoms with Crippen LogP contribution in [0.15, 0.2) is 10.6 Å². The van der Waals surface area contributed by atoms with Gasteiger partial charge in [0.15, 0.2) is 5.89 Å². The molecule has 2 rings (SSSR count). The molecule has 3 nitrogen and oxygen atoms in total. The highest BCUT2D eigenvalue weighted by Gasteiger charge is 2.24. The third-order valence-corrected chi connectivity index (χ3v) is 2.44. The summed E-state index contributed by atoms with van der Waals surface area (Å²) >= 11 is 0. The molecule has 1 atom stereocenters. The molecule has 1 aliphatic rings. The van der Waals surface area contributed by atoms with Crippen LogP contribution in [-0.4, -0.2) is 4.98 Å². The van der Waals surface area contributed by atoms with Crippen LogP contribution in [0.1, 0.15) is 49.8 Å². The quantitative estimate of drug-likeness (QED) is 0.730. The zero-order valence-electron chi connectivity index (χ0n) is 7.29. The van der Waals surface area contributed by atoms with Gasteiger partial charge in [0.2, 0.25) is 0 Å². The molecule has 66 valence electrons. The van der Waals surface area contributed by atoms with Crippen molar-refractivity contribution in [2.24, 2.45) is 5.73 Å². The lowest BCUT2D eigenvalue weighted by molar-refractivity contribution is 0.320. The second-order valence-electron chi connectivity index (χ2n) is 3.52. The number of hydrogen-bond acceptors (Lipinski definition) is 3. The molecular formula is C9H14N2O. The van der Waals surface area contributed by atoms with E-state index in [1.165, 1.54) is 19.3 Å². The van der Waals surface area contributed by atoms with E-state index in [1.54, 1.807) is 6.20 Å². The first-order valence-electron chi connectivity index (χ1n) is 4.48. The fraction of sp³-hybridized carbons (Fsp3) is 0.667. The van der Waals surface area contributed by atoms with E-state index in [1.807, 2.05) is 6.92 Å². The zero-order chi connectivity index (χ0) is 8.55. The first-order valence-corrected chi connectivity index (χ1v) is 4.48. The van der Waals surface area contributed by atoms with Crippen LogP contribution in [-0.2, 0) is 0 Å². The minimum absolute atomic E-state index is 0.0358. The van der Waals surface area contributed by atoms with Gasteiger partial charge in [-0.1, -0.05) is 6.42 Å². The van der Waals surface area contributed by atoms with Crippen LogP contribution in [0, 0.1) is 0 Å². The van der Waals surface area contributed by atoms with E-state index in [2.05, 4.69) is 4.98 Å². The average molecular weight is 166 g/mol. The van der Waals surface area contributed by atoms with Crippen molar-refractivity contribution in [3.63, 3.8) is 0 Å². The third-order valence-electron chi connectivity index (χ3n) is 2.44. The fourth-order valence-corrected chi connectivity index (χ4v) is 1.36. The van der Waals surface area contributed by atoms with Gasteiger partial charge in [0.05, 0.1) is 12.2 Å². The molecule has 1 heterocycles. The SMILES string of the molecule is CC(N)c1cnc(C2CCC2)o1. The van der Waals surface area contributed by atoms with E-state index >= 15 is 0 Å². The van der Waals surface area contributed by atoms with Crippen LogP contribution in [0.2, 0.25) is 0 Å². The predicted octanol–water partition coefficient (Wildman–Crippen LogP) is 1.96. The maximum absolute atomic E-state index is 5.65. The third kappa shape index (κ3) is 1.25. The van der Waals surface area contributed by atoms with Crippen molar-refractivity contribution in [2.75, 3.05) is 0 Å². The molecule has 1 fully saturated rings. The Morgan fingerprint density at radius 1 is 1.67 bits per heavy atom. The molecule has 1 aliphatic carbocycles. The summed E-state index contributed by atoms with van der Waals surface area (Å²) in [6.07, 6.45) is 5.50. The normalized spacial score (nSPS) is 20.5. The fourth-order valence-electron chi connectivity index (χ4n) is 1.36. The van der Waals surface area contributed by atoms with Crippen molar-refractivity contribution in [3.05, 3.63) is 17.8 Å². The van der Waals surface area contributed by atoms with Gasteiger partial charge in [-0.3, -0.25) is 0 Å². The zero-order valence-corrected chi connectivity index (χ0v) is 7.29. The monoisotopic (exact) mass is 166 g/mol. The Hall–Kier alpha value is -0.830. The summed E-state index contributed by atoms with van der Waals surface area (Å²) in [6, 6.07) is -0.0358. The molecule has 1 aromatic rings. The molecule has 0 amide bonds. The highest BCUT2D eigenvalue weighted by molar-refractivity contribution is 5.04. The van der Waals surface area contributed by atoms with Gasteiger partial charge in [-0.05, 0) is 19.8 Å². The maximum Gasteiger partial charge on any atom is 0.197 e. The molecule has 0 spiro atoms. The van der Waals surface area contributed by atoms with Crippen molar-refractivity contribution in [1.82, 2.24) is 4.98 Å². The lowest BCUT2D eigenvalue weighted by atomic mass is 9.85. The standard InChI is InChI=1S/C9H14N2O/c1-6(10)8-5-11-9(12-8)7-3-2-4-7/h5-7H,2-4,10H2,1H3. The Labute approximate surface area is 72.0 Å². The molecular weight excluding hydrogens is 152 g/mol. The summed E-state index contributed by atoms with van der Waals surface area (Å²) in [5.41, 5.74) is 5.65. The summed E-state index contributed by atoms with van der Waals surface area (Å²) in [5.74, 6) is 2.25. The van der Waals surface area contributed by atoms with Crippen molar-refractivity contribution in [1.29, 1.82) is 0 Å². The van der Waals surface area contributed by atoms with E-state index in [9.17, 15) is 0 Å². The highest BCUT2D eigenvalue weighted by atomic mass is 16.4. The molecule has 3 heteroatoms. The Kier molecular flexibility index (Phi) is 1.89. The molecule has 12 heavy (non-hydrogen) atoms. The topological polar surface area (TPSA) is 52.0 Å². The van der Waals surface area contributed by atoms with E-state index in [-0.39, 0.29) is 6.04 Å². The van der Waals surface area contributed by atoms with Crippen LogP contribution < -0.4 is 5.73 Å². The number of nitrogens with two attached hydrogens (primary N) is 1. The maximum atomic E-state index is 5.65. The number of nitrogens with zero attached hydrogens (tertiary/aromatic N) is 1. The molecule has 2 N–H and O–H groups in total. The molecule has 1 saturated carbocycles. The van der Waals surface area contributed by atoms with Gasteiger partial charge in [0.1, 0.15) is 5.76 Å². The summed E-state index contributed by atoms with van der Waals surface area (Å²) in [4.78, 5) is 4.21. The van der Waals surface area contributed by atoms with Gasteiger partial charge >= 0.3 is 0 Å². The molecule has 0 radical (unpaired) electrons. The average Bonchev–Trinajstić information content (AvgIpc) is 2.32. The first-order chi connectivity index (χ1) is 5.77. The second kappa shape index (κ2) is 2.90. The van der Waals surface area contributed by atoms with E-state index in [0.29, 0.717) is 5.92 Å². The lowest BCUT2D eigenvalue weighted by Gasteiger charge is -2.21. The van der Waals surface area contributed by atoms with Gasteiger partial charge in [-0.15, -0.1) is 0 Å². The van der Waals surface area contributed by atoms with Crippen LogP contribution in [0.4, 0.5) is 0 Å². The Bertz CT molecular complexity index is 263. The minimum Gasteiger partial charge on any atom is -0.444 e. The van der Waals surface area contributed by atoms with Crippen LogP contribution in [0.3, 0.4) is 0 Å². The number of rotatable bonds is 2. The molecule has 1 unspecified atom stereocenters. The van der Waals surface area contributed by atoms with Gasteiger partial charge in [0, 0.05) is 5.92 Å². The molecule has 0 bridgehead atoms. The number of aromatic nitrogens is 1. The second-order valence-corrected chi connectivity index (χ2v) is 3.52. The van der Waals surface area contributed by atoms with Crippen molar-refractivity contribution < 1.29 is 4.42 Å². The van der Waals surface area contributed by atoms with E-state index < -0.39 is 0 Å². The summed E-state index contributed by atoms with van der Waals surface area (Å²) in [7, 11) is 0. The van der Waals surface area contributed by atoms with Crippen molar-refractivity contribution in [2.45, 2.75) is 38.1 Å². The summed E-state index contributed by atoms with van der Waals surface area (Å²) < 4.78 is 5.51. The van der Waals surface area contributed by atoms with Crippen LogP contribution in [0.5, 0.6) is 0 Å². The molecule has 0 aliphatic heterocycles. The smallest absolute Gasteiger partial charge is 0.197 e. The Morgan fingerprint density at radius 3 is 2.83 bits per heavy atom. The summed E-state index contributed by atoms with van der Waals surface area (Å²) in [5, 5.41) is 0. The number of oxazole rings is 1. The molecule has 1 aromatic heterocycles. The molecule has 0 saturated heterocycles. The van der Waals surface area contributed by atoms with E-state index in [4.69, 9.17) is 10.2 Å². The predicted molar refractivity (Wildman–Crippen MR) is 45.7 cm³/mol. The number of hydrogen-bond donors (Lipinski definition) is 1. The summed E-state index contributed by atoms with van der Waals surface area (Å²) in [6.45, 7) is 1.91. The largest absolute Gasteiger partial charge is 0.444 e. The first kappa shape index (κ1) is 7.80. The van der Waals surface area contributed by atoms with Gasteiger partial charge in [-0.25, -0.2) is 4.98 Å². The minimum atomic E-state index is -0.0358. The van der Waals surface area contributed by atoms with Gasteiger partial charge in [0.25, 0.3) is 0 Å². The van der Waals surface area contributed by atoms with E-state index in [0.717, 1.165) is 11.7 Å². The van der Waals surface area contributed by atoms with Gasteiger partial charge in [-0.2, -0.15) is 0 Å². The highest BCUT2D eigenvalue weighted by Crippen LogP contribution is 2.36. The van der Waals surface area contributed by atoms with Crippen molar-refractivity contribution in [3.8, 4) is 0 Å². The Balaban J connectivity index is 2.12. The van der Waals surface area contributed by atoms with Crippen LogP contribution in [0.25, 0.3) is 0 Å². The van der Waals surface area contributed by atoms with Crippen molar-refractivity contribution >= 4 is 0 Å². The lowest BCUT2D eigenvalue weighted by Crippen LogP contribution is -2.08. The Morgan fingerprint density at radius 2 is 2.42 bits per heavy atom. The van der Waals surface area contributed by atoms with Gasteiger partial charge < -0.3 is 10.2 Å². The molecule has 0 aromatic carbocycles.